The number of benzene rings is 2. The zero-order chi connectivity index (χ0) is 32.3. The molecule has 0 saturated carbocycles. The van der Waals surface area contributed by atoms with E-state index in [1.165, 1.54) is 12.3 Å². The number of rotatable bonds is 9. The minimum absolute atomic E-state index is 0.00515. The van der Waals surface area contributed by atoms with Crippen molar-refractivity contribution >= 4 is 28.6 Å². The Balaban J connectivity index is 1.30. The van der Waals surface area contributed by atoms with Gasteiger partial charge in [-0.15, -0.1) is 0 Å². The molecule has 45 heavy (non-hydrogen) atoms. The molecule has 2 aromatic carbocycles. The third-order valence-electron chi connectivity index (χ3n) is 7.10. The maximum absolute atomic E-state index is 13.7. The topological polar surface area (TPSA) is 165 Å². The Labute approximate surface area is 257 Å². The van der Waals surface area contributed by atoms with Crippen LogP contribution < -0.4 is 16.0 Å². The van der Waals surface area contributed by atoms with Crippen LogP contribution >= 0.6 is 0 Å². The van der Waals surface area contributed by atoms with Gasteiger partial charge in [0.25, 0.3) is 0 Å². The molecule has 13 heteroatoms. The third kappa shape index (κ3) is 7.09. The number of nitrogens with one attached hydrogen (secondary N) is 4. The molecular weight excluding hydrogens is 580 g/mol. The number of pyridine rings is 1. The number of fused-ring (bicyclic) bond motifs is 1. The molecule has 5 aromatic rings. The quantitative estimate of drug-likeness (QED) is 0.135. The minimum Gasteiger partial charge on any atom is -0.372 e. The lowest BCUT2D eigenvalue weighted by Crippen LogP contribution is -2.27. The van der Waals surface area contributed by atoms with Crippen LogP contribution in [0.25, 0.3) is 22.2 Å². The molecule has 5 N–H and O–H groups in total. The first-order chi connectivity index (χ1) is 21.4. The van der Waals surface area contributed by atoms with E-state index in [-0.39, 0.29) is 23.1 Å². The Bertz CT molecular complexity index is 1900. The van der Waals surface area contributed by atoms with Crippen LogP contribution in [0.2, 0.25) is 0 Å². The molecule has 1 unspecified atom stereocenters. The van der Waals surface area contributed by atoms with Crippen molar-refractivity contribution in [3.05, 3.63) is 95.1 Å². The second-order valence-corrected chi connectivity index (χ2v) is 11.5. The minimum atomic E-state index is -1.37. The summed E-state index contributed by atoms with van der Waals surface area (Å²) >= 11 is 0. The number of H-pyrrole nitrogens is 1. The molecule has 0 saturated heterocycles. The summed E-state index contributed by atoms with van der Waals surface area (Å²) in [4.78, 5) is 25.4. The summed E-state index contributed by atoms with van der Waals surface area (Å²) in [5.74, 6) is -1.47. The largest absolute Gasteiger partial charge is 0.372 e. The van der Waals surface area contributed by atoms with Gasteiger partial charge in [0.15, 0.2) is 40.8 Å². The molecule has 0 spiro atoms. The highest BCUT2D eigenvalue weighted by atomic mass is 19.2. The number of aliphatic hydroxyl groups excluding tert-OH is 1. The maximum atomic E-state index is 13.7. The number of anilines is 2. The lowest BCUT2D eigenvalue weighted by Gasteiger charge is -2.21. The molecule has 5 rings (SSSR count). The second kappa shape index (κ2) is 12.7. The smallest absolute Gasteiger partial charge is 0.230 e. The first-order valence-electron chi connectivity index (χ1n) is 14.1. The number of aromatic amines is 1. The van der Waals surface area contributed by atoms with Gasteiger partial charge in [-0.1, -0.05) is 51.1 Å². The average Bonchev–Trinajstić information content (AvgIpc) is 3.42. The predicted molar refractivity (Wildman–Crippen MR) is 164 cm³/mol. The number of aliphatic hydroxyl groups is 1. The fraction of sp³-hybridized carbons (Fsp3) is 0.250. The highest BCUT2D eigenvalue weighted by Crippen LogP contribution is 2.28. The molecule has 230 valence electrons. The van der Waals surface area contributed by atoms with E-state index < -0.39 is 29.3 Å². The van der Waals surface area contributed by atoms with Crippen LogP contribution in [-0.2, 0) is 11.3 Å². The first kappa shape index (κ1) is 31.1. The summed E-state index contributed by atoms with van der Waals surface area (Å²) in [5, 5.41) is 36.9. The summed E-state index contributed by atoms with van der Waals surface area (Å²) in [5.41, 5.74) is 3.09. The van der Waals surface area contributed by atoms with Gasteiger partial charge in [0, 0.05) is 29.8 Å². The van der Waals surface area contributed by atoms with E-state index >= 15 is 0 Å². The zero-order valence-corrected chi connectivity index (χ0v) is 25.0. The second-order valence-electron chi connectivity index (χ2n) is 11.5. The summed E-state index contributed by atoms with van der Waals surface area (Å²) in [7, 11) is 0. The van der Waals surface area contributed by atoms with Gasteiger partial charge in [-0.05, 0) is 41.8 Å². The van der Waals surface area contributed by atoms with Crippen molar-refractivity contribution in [1.82, 2.24) is 30.5 Å². The molecule has 3 aromatic heterocycles. The molecule has 2 atom stereocenters. The van der Waals surface area contributed by atoms with Gasteiger partial charge in [-0.25, -0.2) is 23.7 Å². The number of hydrogen-bond donors (Lipinski definition) is 5. The number of nitrogens with zero attached hydrogens (tertiary/aromatic N) is 5. The number of aromatic nitrogens is 5. The van der Waals surface area contributed by atoms with Crippen LogP contribution in [0, 0.1) is 28.4 Å². The third-order valence-corrected chi connectivity index (χ3v) is 7.10. The molecule has 0 bridgehead atoms. The highest BCUT2D eigenvalue weighted by molar-refractivity contribution is 6.01. The zero-order valence-electron chi connectivity index (χ0n) is 25.0. The van der Waals surface area contributed by atoms with E-state index in [9.17, 15) is 23.9 Å². The SMILES string of the molecule is C[C@H](NC(O)c1nc(C#N)cnc1NCc1ccc(-c2cnc3[nH]nc(NC(=O)C(C)(C)C)c3c2)cc1)c1ccc(F)c(F)c1. The van der Waals surface area contributed by atoms with E-state index in [1.54, 1.807) is 13.1 Å². The number of halogens is 2. The molecular formula is C32H31F2N9O2. The fourth-order valence-electron chi connectivity index (χ4n) is 4.43. The molecule has 1 amide bonds. The van der Waals surface area contributed by atoms with Crippen molar-refractivity contribution < 1.29 is 18.7 Å². The van der Waals surface area contributed by atoms with E-state index in [2.05, 4.69) is 41.1 Å². The fourth-order valence-corrected chi connectivity index (χ4v) is 4.43. The van der Waals surface area contributed by atoms with E-state index in [1.807, 2.05) is 57.2 Å². The summed E-state index contributed by atoms with van der Waals surface area (Å²) in [6, 6.07) is 14.4. The monoisotopic (exact) mass is 611 g/mol. The Morgan fingerprint density at radius 1 is 1.02 bits per heavy atom. The van der Waals surface area contributed by atoms with Crippen LogP contribution in [0.4, 0.5) is 20.4 Å². The van der Waals surface area contributed by atoms with E-state index in [0.29, 0.717) is 29.0 Å². The van der Waals surface area contributed by atoms with Gasteiger partial charge in [-0.3, -0.25) is 15.2 Å². The Morgan fingerprint density at radius 2 is 1.78 bits per heavy atom. The van der Waals surface area contributed by atoms with Crippen molar-refractivity contribution in [3.8, 4) is 17.2 Å². The van der Waals surface area contributed by atoms with Crippen LogP contribution in [0.3, 0.4) is 0 Å². The van der Waals surface area contributed by atoms with Crippen molar-refractivity contribution in [2.75, 3.05) is 10.6 Å². The van der Waals surface area contributed by atoms with Gasteiger partial charge >= 0.3 is 0 Å². The van der Waals surface area contributed by atoms with Crippen molar-refractivity contribution in [2.45, 2.75) is 46.5 Å². The number of carbonyl (C=O) groups is 1. The summed E-state index contributed by atoms with van der Waals surface area (Å²) < 4.78 is 27.1. The van der Waals surface area contributed by atoms with Gasteiger partial charge in [0.2, 0.25) is 5.91 Å². The molecule has 0 radical (unpaired) electrons. The Hall–Kier alpha value is -5.32. The van der Waals surface area contributed by atoms with Gasteiger partial charge in [0.1, 0.15) is 11.8 Å². The molecule has 0 aliphatic carbocycles. The molecule has 0 aliphatic rings. The number of amides is 1. The number of carbonyl (C=O) groups excluding carboxylic acids is 1. The Morgan fingerprint density at radius 3 is 2.47 bits per heavy atom. The van der Waals surface area contributed by atoms with Gasteiger partial charge < -0.3 is 15.7 Å². The van der Waals surface area contributed by atoms with E-state index in [4.69, 9.17) is 0 Å². The Kier molecular flexibility index (Phi) is 8.80. The van der Waals surface area contributed by atoms with Crippen LogP contribution in [0.15, 0.2) is 60.9 Å². The lowest BCUT2D eigenvalue weighted by atomic mass is 9.96. The highest BCUT2D eigenvalue weighted by Gasteiger charge is 2.23. The van der Waals surface area contributed by atoms with Crippen LogP contribution in [0.1, 0.15) is 62.5 Å². The molecule has 3 heterocycles. The summed E-state index contributed by atoms with van der Waals surface area (Å²) in [6.45, 7) is 7.47. The number of hydrogen-bond acceptors (Lipinski definition) is 9. The van der Waals surface area contributed by atoms with Gasteiger partial charge in [-0.2, -0.15) is 10.4 Å². The van der Waals surface area contributed by atoms with Gasteiger partial charge in [0.05, 0.1) is 11.6 Å². The van der Waals surface area contributed by atoms with Crippen LogP contribution in [-0.4, -0.2) is 36.2 Å². The normalized spacial score (nSPS) is 12.8. The summed E-state index contributed by atoms with van der Waals surface area (Å²) in [6.07, 6.45) is 1.64. The van der Waals surface area contributed by atoms with E-state index in [0.717, 1.165) is 28.8 Å². The molecule has 11 nitrogen and oxygen atoms in total. The molecule has 0 aliphatic heterocycles. The molecule has 0 fully saturated rings. The average molecular weight is 612 g/mol. The standard InChI is InChI=1S/C32H31F2N9O2/c1-17(20-9-10-24(33)25(34)12-20)39-30(44)26-29(38-16-22(13-35)40-26)36-14-18-5-7-19(8-6-18)21-11-23-27(37-15-21)42-43-28(23)41-31(45)32(2,3)4/h5-12,15-17,30,39,44H,14H2,1-4H3,(H,36,38)(H2,37,41,42,43,45)/t17-,30?/m0/s1. The lowest BCUT2D eigenvalue weighted by molar-refractivity contribution is -0.123. The maximum Gasteiger partial charge on any atom is 0.230 e. The first-order valence-corrected chi connectivity index (χ1v) is 14.1. The van der Waals surface area contributed by atoms with Crippen molar-refractivity contribution in [1.29, 1.82) is 5.26 Å². The van der Waals surface area contributed by atoms with Crippen LogP contribution in [0.5, 0.6) is 0 Å². The van der Waals surface area contributed by atoms with Crippen molar-refractivity contribution in [3.63, 3.8) is 0 Å². The number of nitriles is 1. The predicted octanol–water partition coefficient (Wildman–Crippen LogP) is 5.50. The van der Waals surface area contributed by atoms with Crippen molar-refractivity contribution in [2.24, 2.45) is 5.41 Å².